The molecule has 1 saturated heterocycles. The Bertz CT molecular complexity index is 1760. The SMILES string of the molecule is CCOC(=O)[C@H](Cc1ccc(-n2c([C@H]3CCCCN3C(=O)OCc3ccccc3)nc3cccnc32)cc1)NC1=CC(=O)C1(C)C. The molecule has 10 heteroatoms. The number of carbonyl (C=O) groups is 3. The Balaban J connectivity index is 1.27. The monoisotopic (exact) mass is 621 g/mol. The molecule has 238 valence electrons. The minimum Gasteiger partial charge on any atom is -0.464 e. The summed E-state index contributed by atoms with van der Waals surface area (Å²) in [5.74, 6) is 0.388. The molecule has 0 radical (unpaired) electrons. The van der Waals surface area contributed by atoms with Gasteiger partial charge in [0.2, 0.25) is 0 Å². The number of aromatic nitrogens is 3. The third-order valence-electron chi connectivity index (χ3n) is 8.78. The fourth-order valence-corrected chi connectivity index (χ4v) is 6.04. The van der Waals surface area contributed by atoms with Gasteiger partial charge in [-0.05, 0) is 75.4 Å². The Labute approximate surface area is 268 Å². The number of pyridine rings is 1. The van der Waals surface area contributed by atoms with Crippen LogP contribution in [0.1, 0.15) is 63.0 Å². The van der Waals surface area contributed by atoms with Gasteiger partial charge in [-0.2, -0.15) is 0 Å². The Hall–Kier alpha value is -4.99. The summed E-state index contributed by atoms with van der Waals surface area (Å²) >= 11 is 0. The first kappa shape index (κ1) is 31.0. The number of ether oxygens (including phenoxy) is 2. The first-order valence-electron chi connectivity index (χ1n) is 15.9. The zero-order chi connectivity index (χ0) is 32.3. The molecule has 2 atom stereocenters. The van der Waals surface area contributed by atoms with Crippen LogP contribution in [0, 0.1) is 5.41 Å². The lowest BCUT2D eigenvalue weighted by Crippen LogP contribution is -2.48. The lowest BCUT2D eigenvalue weighted by molar-refractivity contribution is -0.145. The van der Waals surface area contributed by atoms with E-state index in [0.29, 0.717) is 18.6 Å². The van der Waals surface area contributed by atoms with E-state index in [1.807, 2.05) is 85.1 Å². The van der Waals surface area contributed by atoms with Gasteiger partial charge in [0.05, 0.1) is 18.1 Å². The van der Waals surface area contributed by atoms with Gasteiger partial charge in [0.1, 0.15) is 24.0 Å². The third-order valence-corrected chi connectivity index (χ3v) is 8.78. The summed E-state index contributed by atoms with van der Waals surface area (Å²) < 4.78 is 13.1. The number of carbonyl (C=O) groups excluding carboxylic acids is 3. The highest BCUT2D eigenvalue weighted by atomic mass is 16.6. The number of piperidine rings is 1. The van der Waals surface area contributed by atoms with Crippen molar-refractivity contribution in [3.8, 4) is 5.69 Å². The van der Waals surface area contributed by atoms with Crippen molar-refractivity contribution in [2.24, 2.45) is 5.41 Å². The Morgan fingerprint density at radius 1 is 1.00 bits per heavy atom. The lowest BCUT2D eigenvalue weighted by Gasteiger charge is -2.36. The van der Waals surface area contributed by atoms with Gasteiger partial charge in [-0.15, -0.1) is 0 Å². The number of benzene rings is 2. The molecule has 4 aromatic rings. The number of allylic oxidation sites excluding steroid dienone is 2. The van der Waals surface area contributed by atoms with E-state index in [0.717, 1.165) is 53.1 Å². The normalized spacial score (nSPS) is 18.0. The van der Waals surface area contributed by atoms with E-state index >= 15 is 0 Å². The number of likely N-dealkylation sites (tertiary alicyclic amines) is 1. The Kier molecular flexibility index (Phi) is 8.87. The average molecular weight is 622 g/mol. The molecule has 0 saturated carbocycles. The van der Waals surface area contributed by atoms with Crippen LogP contribution in [-0.2, 0) is 32.1 Å². The maximum Gasteiger partial charge on any atom is 0.410 e. The number of hydrogen-bond acceptors (Lipinski definition) is 8. The number of imidazole rings is 1. The van der Waals surface area contributed by atoms with Gasteiger partial charge in [-0.3, -0.25) is 14.3 Å². The van der Waals surface area contributed by atoms with Gasteiger partial charge in [0.25, 0.3) is 0 Å². The number of amides is 1. The van der Waals surface area contributed by atoms with E-state index in [4.69, 9.17) is 14.5 Å². The third kappa shape index (κ3) is 6.24. The van der Waals surface area contributed by atoms with Crippen LogP contribution in [0.25, 0.3) is 16.9 Å². The molecule has 1 N–H and O–H groups in total. The Morgan fingerprint density at radius 3 is 2.50 bits per heavy atom. The summed E-state index contributed by atoms with van der Waals surface area (Å²) in [6.07, 6.45) is 5.90. The van der Waals surface area contributed by atoms with Crippen LogP contribution in [0.15, 0.2) is 84.7 Å². The van der Waals surface area contributed by atoms with Crippen molar-refractivity contribution in [3.63, 3.8) is 0 Å². The van der Waals surface area contributed by atoms with Gasteiger partial charge < -0.3 is 14.8 Å². The van der Waals surface area contributed by atoms with Crippen molar-refractivity contribution in [3.05, 3.63) is 102 Å². The van der Waals surface area contributed by atoms with Crippen LogP contribution >= 0.6 is 0 Å². The van der Waals surface area contributed by atoms with Crippen LogP contribution in [0.3, 0.4) is 0 Å². The molecule has 46 heavy (non-hydrogen) atoms. The maximum absolute atomic E-state index is 13.4. The van der Waals surface area contributed by atoms with Gasteiger partial charge in [0, 0.05) is 36.6 Å². The van der Waals surface area contributed by atoms with Crippen LogP contribution in [0.5, 0.6) is 0 Å². The number of esters is 1. The first-order chi connectivity index (χ1) is 22.3. The molecular formula is C36H39N5O5. The van der Waals surface area contributed by atoms with E-state index in [9.17, 15) is 14.4 Å². The molecule has 1 aliphatic carbocycles. The quantitative estimate of drug-likeness (QED) is 0.220. The number of ketones is 1. The highest BCUT2D eigenvalue weighted by Crippen LogP contribution is 2.36. The topological polar surface area (TPSA) is 116 Å². The number of rotatable bonds is 10. The molecule has 1 fully saturated rings. The summed E-state index contributed by atoms with van der Waals surface area (Å²) in [5, 5.41) is 3.25. The van der Waals surface area contributed by atoms with Crippen molar-refractivity contribution >= 4 is 29.0 Å². The van der Waals surface area contributed by atoms with Crippen molar-refractivity contribution < 1.29 is 23.9 Å². The first-order valence-corrected chi connectivity index (χ1v) is 15.9. The smallest absolute Gasteiger partial charge is 0.410 e. The predicted octanol–water partition coefficient (Wildman–Crippen LogP) is 5.84. The number of hydrogen-bond donors (Lipinski definition) is 1. The van der Waals surface area contributed by atoms with E-state index in [1.54, 1.807) is 24.1 Å². The summed E-state index contributed by atoms with van der Waals surface area (Å²) in [7, 11) is 0. The zero-order valence-corrected chi connectivity index (χ0v) is 26.4. The van der Waals surface area contributed by atoms with Gasteiger partial charge in [-0.1, -0.05) is 42.5 Å². The predicted molar refractivity (Wildman–Crippen MR) is 173 cm³/mol. The number of fused-ring (bicyclic) bond motifs is 1. The molecule has 2 aliphatic rings. The van der Waals surface area contributed by atoms with Crippen LogP contribution in [0.2, 0.25) is 0 Å². The molecular weight excluding hydrogens is 582 g/mol. The van der Waals surface area contributed by atoms with E-state index in [2.05, 4.69) is 10.3 Å². The van der Waals surface area contributed by atoms with Crippen LogP contribution in [0.4, 0.5) is 4.79 Å². The second kappa shape index (κ2) is 13.2. The molecule has 2 aromatic carbocycles. The number of nitrogens with one attached hydrogen (secondary N) is 1. The minimum atomic E-state index is -0.651. The highest BCUT2D eigenvalue weighted by Gasteiger charge is 2.41. The lowest BCUT2D eigenvalue weighted by atomic mass is 9.74. The Morgan fingerprint density at radius 2 is 1.78 bits per heavy atom. The standard InChI is InChI=1S/C36H39N5O5/c1-4-45-34(43)28(38-30-22-31(42)36(30,2)3)21-24-15-17-26(18-16-24)41-32-27(13-10-19-37-32)39-33(41)29-14-8-9-20-40(29)35(44)46-23-25-11-6-5-7-12-25/h5-7,10-13,15-19,22,28-29,38H,4,8-9,14,20-21,23H2,1-3H3/t28-,29+/m0/s1. The fourth-order valence-electron chi connectivity index (χ4n) is 6.04. The molecule has 2 aromatic heterocycles. The van der Waals surface area contributed by atoms with Crippen molar-refractivity contribution in [2.45, 2.75) is 65.1 Å². The summed E-state index contributed by atoms with van der Waals surface area (Å²) in [4.78, 5) is 49.8. The molecule has 1 amide bonds. The average Bonchev–Trinajstić information content (AvgIpc) is 3.47. The molecule has 0 unspecified atom stereocenters. The van der Waals surface area contributed by atoms with Gasteiger partial charge >= 0.3 is 12.1 Å². The van der Waals surface area contributed by atoms with E-state index in [1.165, 1.54) is 0 Å². The highest BCUT2D eigenvalue weighted by molar-refractivity contribution is 6.04. The van der Waals surface area contributed by atoms with Crippen LogP contribution in [-0.4, -0.2) is 56.5 Å². The van der Waals surface area contributed by atoms with Crippen molar-refractivity contribution in [1.82, 2.24) is 24.8 Å². The second-order valence-electron chi connectivity index (χ2n) is 12.3. The largest absolute Gasteiger partial charge is 0.464 e. The fraction of sp³-hybridized carbons (Fsp3) is 0.361. The van der Waals surface area contributed by atoms with Gasteiger partial charge in [-0.25, -0.2) is 19.6 Å². The number of nitrogens with zero attached hydrogens (tertiary/aromatic N) is 4. The molecule has 6 rings (SSSR count). The summed E-state index contributed by atoms with van der Waals surface area (Å²) in [5.41, 5.74) is 4.21. The zero-order valence-electron chi connectivity index (χ0n) is 26.4. The van der Waals surface area contributed by atoms with Crippen LogP contribution < -0.4 is 5.32 Å². The van der Waals surface area contributed by atoms with Crippen molar-refractivity contribution in [2.75, 3.05) is 13.2 Å². The summed E-state index contributed by atoms with van der Waals surface area (Å²) in [6, 6.07) is 20.4. The molecule has 1 aliphatic heterocycles. The second-order valence-corrected chi connectivity index (χ2v) is 12.3. The summed E-state index contributed by atoms with van der Waals surface area (Å²) in [6.45, 7) is 6.50. The molecule has 3 heterocycles. The molecule has 0 spiro atoms. The van der Waals surface area contributed by atoms with Gasteiger partial charge in [0.15, 0.2) is 11.4 Å². The van der Waals surface area contributed by atoms with E-state index < -0.39 is 11.5 Å². The molecule has 0 bridgehead atoms. The maximum atomic E-state index is 13.4. The van der Waals surface area contributed by atoms with Crippen molar-refractivity contribution in [1.29, 1.82) is 0 Å². The minimum absolute atomic E-state index is 0.0277. The van der Waals surface area contributed by atoms with E-state index in [-0.39, 0.29) is 37.1 Å². The molecule has 10 nitrogen and oxygen atoms in total.